The lowest BCUT2D eigenvalue weighted by Gasteiger charge is -2.12. The van der Waals surface area contributed by atoms with Crippen LogP contribution in [0.15, 0.2) is 36.4 Å². The van der Waals surface area contributed by atoms with Crippen molar-refractivity contribution in [1.29, 1.82) is 0 Å². The number of amides is 2. The number of anilines is 2. The van der Waals surface area contributed by atoms with Crippen LogP contribution >= 0.6 is 0 Å². The molecule has 9 heteroatoms. The third-order valence-electron chi connectivity index (χ3n) is 3.28. The molecule has 0 aliphatic heterocycles. The van der Waals surface area contributed by atoms with E-state index >= 15 is 0 Å². The van der Waals surface area contributed by atoms with Crippen LogP contribution in [-0.4, -0.2) is 31.5 Å². The fraction of sp³-hybridized carbons (Fsp3) is 0.167. The van der Waals surface area contributed by atoms with Crippen molar-refractivity contribution in [3.05, 3.63) is 53.6 Å². The number of ether oxygens (including phenoxy) is 2. The van der Waals surface area contributed by atoms with Crippen LogP contribution in [0.2, 0.25) is 0 Å². The van der Waals surface area contributed by atoms with Crippen molar-refractivity contribution in [1.82, 2.24) is 0 Å². The first-order chi connectivity index (χ1) is 12.8. The molecule has 0 aliphatic carbocycles. The minimum atomic E-state index is -1.20. The van der Waals surface area contributed by atoms with Gasteiger partial charge in [0.15, 0.2) is 18.2 Å². The quantitative estimate of drug-likeness (QED) is 0.754. The molecule has 2 N–H and O–H groups in total. The fourth-order valence-corrected chi connectivity index (χ4v) is 2.11. The van der Waals surface area contributed by atoms with Crippen molar-refractivity contribution < 1.29 is 32.6 Å². The average molecular weight is 378 g/mol. The molecule has 0 aliphatic rings. The third kappa shape index (κ3) is 5.50. The van der Waals surface area contributed by atoms with Crippen molar-refractivity contribution in [3.8, 4) is 5.75 Å². The zero-order valence-corrected chi connectivity index (χ0v) is 14.5. The summed E-state index contributed by atoms with van der Waals surface area (Å²) in [5.41, 5.74) is 0.446. The first-order valence-corrected chi connectivity index (χ1v) is 7.68. The van der Waals surface area contributed by atoms with Crippen molar-refractivity contribution in [3.63, 3.8) is 0 Å². The number of methoxy groups -OCH3 is 1. The Hall–Kier alpha value is -3.49. The second kappa shape index (κ2) is 8.75. The van der Waals surface area contributed by atoms with E-state index < -0.39 is 30.1 Å². The minimum Gasteiger partial charge on any atom is -0.495 e. The summed E-state index contributed by atoms with van der Waals surface area (Å²) in [5, 5.41) is 5.03. The zero-order valence-electron chi connectivity index (χ0n) is 14.5. The number of hydrogen-bond acceptors (Lipinski definition) is 5. The maximum Gasteiger partial charge on any atom is 0.338 e. The Morgan fingerprint density at radius 2 is 1.74 bits per heavy atom. The summed E-state index contributed by atoms with van der Waals surface area (Å²) >= 11 is 0. The molecule has 0 unspecified atom stereocenters. The molecule has 0 heterocycles. The Morgan fingerprint density at radius 3 is 2.37 bits per heavy atom. The van der Waals surface area contributed by atoms with Gasteiger partial charge in [0.25, 0.3) is 5.91 Å². The summed E-state index contributed by atoms with van der Waals surface area (Å²) in [6.45, 7) is 0.672. The third-order valence-corrected chi connectivity index (χ3v) is 3.28. The maximum atomic E-state index is 13.1. The first-order valence-electron chi connectivity index (χ1n) is 7.68. The molecule has 0 atom stereocenters. The molecule has 0 bridgehead atoms. The van der Waals surface area contributed by atoms with Gasteiger partial charge in [-0.1, -0.05) is 0 Å². The fourth-order valence-electron chi connectivity index (χ4n) is 2.11. The SMILES string of the molecule is COc1ccc(NC(C)=O)cc1NC(=O)COC(=O)c1ccc(F)c(F)c1. The van der Waals surface area contributed by atoms with E-state index in [0.29, 0.717) is 17.5 Å². The Morgan fingerprint density at radius 1 is 1.00 bits per heavy atom. The summed E-state index contributed by atoms with van der Waals surface area (Å²) in [6, 6.07) is 7.08. The van der Waals surface area contributed by atoms with Crippen molar-refractivity contribution in [2.45, 2.75) is 6.92 Å². The smallest absolute Gasteiger partial charge is 0.338 e. The lowest BCUT2D eigenvalue weighted by molar-refractivity contribution is -0.119. The Balaban J connectivity index is 2.01. The summed E-state index contributed by atoms with van der Waals surface area (Å²) in [7, 11) is 1.40. The van der Waals surface area contributed by atoms with Gasteiger partial charge >= 0.3 is 5.97 Å². The molecule has 2 aromatic carbocycles. The predicted molar refractivity (Wildman–Crippen MR) is 92.6 cm³/mol. The second-order valence-electron chi connectivity index (χ2n) is 5.35. The van der Waals surface area contributed by atoms with E-state index in [1.54, 1.807) is 6.07 Å². The van der Waals surface area contributed by atoms with Crippen LogP contribution in [0.4, 0.5) is 20.2 Å². The molecule has 7 nitrogen and oxygen atoms in total. The van der Waals surface area contributed by atoms with Gasteiger partial charge in [0.2, 0.25) is 5.91 Å². The van der Waals surface area contributed by atoms with Crippen molar-refractivity contribution in [2.24, 2.45) is 0 Å². The Kier molecular flexibility index (Phi) is 6.42. The molecule has 0 saturated heterocycles. The van der Waals surface area contributed by atoms with Gasteiger partial charge in [-0.15, -0.1) is 0 Å². The molecular weight excluding hydrogens is 362 g/mol. The van der Waals surface area contributed by atoms with E-state index in [-0.39, 0.29) is 17.2 Å². The van der Waals surface area contributed by atoms with Gasteiger partial charge < -0.3 is 20.1 Å². The van der Waals surface area contributed by atoms with Crippen LogP contribution < -0.4 is 15.4 Å². The maximum absolute atomic E-state index is 13.1. The summed E-state index contributed by atoms with van der Waals surface area (Å²) < 4.78 is 35.9. The normalized spacial score (nSPS) is 10.1. The predicted octanol–water partition coefficient (Wildman–Crippen LogP) is 2.73. The van der Waals surface area contributed by atoms with E-state index in [0.717, 1.165) is 12.1 Å². The number of esters is 1. The monoisotopic (exact) mass is 378 g/mol. The van der Waals surface area contributed by atoms with E-state index in [9.17, 15) is 23.2 Å². The van der Waals surface area contributed by atoms with Gasteiger partial charge in [-0.2, -0.15) is 0 Å². The number of halogens is 2. The van der Waals surface area contributed by atoms with E-state index in [1.165, 1.54) is 26.2 Å². The summed E-state index contributed by atoms with van der Waals surface area (Å²) in [5.74, 6) is -3.95. The molecule has 27 heavy (non-hydrogen) atoms. The molecular formula is C18H16F2N2O5. The van der Waals surface area contributed by atoms with E-state index in [4.69, 9.17) is 9.47 Å². The number of benzene rings is 2. The number of nitrogens with one attached hydrogen (secondary N) is 2. The molecule has 0 saturated carbocycles. The van der Waals surface area contributed by atoms with Crippen LogP contribution in [0.5, 0.6) is 5.75 Å². The highest BCUT2D eigenvalue weighted by Crippen LogP contribution is 2.27. The molecule has 2 rings (SSSR count). The van der Waals surface area contributed by atoms with Crippen molar-refractivity contribution in [2.75, 3.05) is 24.4 Å². The lowest BCUT2D eigenvalue weighted by Crippen LogP contribution is -2.21. The van der Waals surface area contributed by atoms with Crippen LogP contribution in [0, 0.1) is 11.6 Å². The van der Waals surface area contributed by atoms with Crippen LogP contribution in [-0.2, 0) is 14.3 Å². The van der Waals surface area contributed by atoms with Crippen LogP contribution in [0.3, 0.4) is 0 Å². The first kappa shape index (κ1) is 19.8. The molecule has 0 spiro atoms. The number of rotatable bonds is 6. The summed E-state index contributed by atoms with van der Waals surface area (Å²) in [6.07, 6.45) is 0. The second-order valence-corrected chi connectivity index (χ2v) is 5.35. The van der Waals surface area contributed by atoms with Gasteiger partial charge in [-0.25, -0.2) is 13.6 Å². The lowest BCUT2D eigenvalue weighted by atomic mass is 10.2. The van der Waals surface area contributed by atoms with Gasteiger partial charge in [0, 0.05) is 12.6 Å². The molecule has 0 aromatic heterocycles. The highest BCUT2D eigenvalue weighted by Gasteiger charge is 2.14. The van der Waals surface area contributed by atoms with Crippen molar-refractivity contribution >= 4 is 29.2 Å². The van der Waals surface area contributed by atoms with Crippen LogP contribution in [0.25, 0.3) is 0 Å². The van der Waals surface area contributed by atoms with E-state index in [1.807, 2.05) is 0 Å². The van der Waals surface area contributed by atoms with Gasteiger partial charge in [0.05, 0.1) is 18.4 Å². The molecule has 142 valence electrons. The number of hydrogen-bond donors (Lipinski definition) is 2. The highest BCUT2D eigenvalue weighted by molar-refractivity contribution is 5.97. The Bertz CT molecular complexity index is 886. The zero-order chi connectivity index (χ0) is 20.0. The average Bonchev–Trinajstić information content (AvgIpc) is 2.61. The number of carbonyl (C=O) groups is 3. The molecule has 0 radical (unpaired) electrons. The largest absolute Gasteiger partial charge is 0.495 e. The van der Waals surface area contributed by atoms with Gasteiger partial charge in [-0.05, 0) is 36.4 Å². The highest BCUT2D eigenvalue weighted by atomic mass is 19.2. The standard InChI is InChI=1S/C18H16F2N2O5/c1-10(23)21-12-4-6-16(26-2)15(8-12)22-17(24)9-27-18(25)11-3-5-13(19)14(20)7-11/h3-8H,9H2,1-2H3,(H,21,23)(H,22,24). The van der Waals surface area contributed by atoms with E-state index in [2.05, 4.69) is 10.6 Å². The molecule has 0 fully saturated rings. The Labute approximate surface area is 153 Å². The minimum absolute atomic E-state index is 0.230. The number of carbonyl (C=O) groups excluding carboxylic acids is 3. The molecule has 2 amide bonds. The molecule has 2 aromatic rings. The van der Waals surface area contributed by atoms with Crippen LogP contribution in [0.1, 0.15) is 17.3 Å². The van der Waals surface area contributed by atoms with Gasteiger partial charge in [0.1, 0.15) is 5.75 Å². The topological polar surface area (TPSA) is 93.7 Å². The summed E-state index contributed by atoms with van der Waals surface area (Å²) in [4.78, 5) is 34.9. The van der Waals surface area contributed by atoms with Gasteiger partial charge in [-0.3, -0.25) is 9.59 Å².